The van der Waals surface area contributed by atoms with Gasteiger partial charge in [0.1, 0.15) is 17.2 Å². The number of carbonyl (C=O) groups excluding carboxylic acids is 4. The number of phenolic OH excluding ortho intramolecular Hbond substituents is 1. The van der Waals surface area contributed by atoms with Gasteiger partial charge in [-0.15, -0.1) is 36.4 Å². The molecule has 25 heteroatoms. The first-order chi connectivity index (χ1) is 27.8. The number of rotatable bonds is 7. The van der Waals surface area contributed by atoms with Gasteiger partial charge in [-0.25, -0.2) is 31.8 Å². The zero-order valence-corrected chi connectivity index (χ0v) is 31.3. The highest BCUT2D eigenvalue weighted by Crippen LogP contribution is 2.67. The summed E-state index contributed by atoms with van der Waals surface area (Å²) in [7, 11) is 2.48. The van der Waals surface area contributed by atoms with E-state index in [9.17, 15) is 70.9 Å². The molecule has 3 aromatic rings. The number of fused-ring (bicyclic) bond motifs is 4. The molecule has 2 heterocycles. The van der Waals surface area contributed by atoms with Gasteiger partial charge in [0.25, 0.3) is 11.8 Å². The molecule has 4 amide bonds. The number of ether oxygens (including phenoxy) is 1. The number of hydrogen-bond donors (Lipinski definition) is 1. The Morgan fingerprint density at radius 1 is 0.833 bits per heavy atom. The number of carbonyl (C=O) groups is 4. The number of allylic oxidation sites excluding steroid dienone is 2. The quantitative estimate of drug-likeness (QED) is 0.0391. The summed E-state index contributed by atoms with van der Waals surface area (Å²) in [6, 6.07) is 3.11. The molecule has 0 spiro atoms. The average Bonchev–Trinajstić information content (AvgIpc) is 3.50. The zero-order valence-electron chi connectivity index (χ0n) is 29.8. The number of anilines is 3. The van der Waals surface area contributed by atoms with Gasteiger partial charge >= 0.3 is 17.7 Å². The number of amides is 4. The summed E-state index contributed by atoms with van der Waals surface area (Å²) in [5.41, 5.74) is -6.26. The molecular weight excluding hydrogens is 873 g/mol. The van der Waals surface area contributed by atoms with Crippen molar-refractivity contribution in [1.29, 1.82) is 0 Å². The Morgan fingerprint density at radius 3 is 1.90 bits per heavy atom. The largest absolute Gasteiger partial charge is 0.573 e. The minimum absolute atomic E-state index is 0.301. The van der Waals surface area contributed by atoms with Crippen LogP contribution >= 0.6 is 23.2 Å². The summed E-state index contributed by atoms with van der Waals surface area (Å²) in [5.74, 6) is -28.8. The summed E-state index contributed by atoms with van der Waals surface area (Å²) in [4.78, 5) is 74.0. The maximum Gasteiger partial charge on any atom is 0.573 e. The van der Waals surface area contributed by atoms with Crippen LogP contribution < -0.4 is 19.4 Å². The van der Waals surface area contributed by atoms with Gasteiger partial charge in [-0.3, -0.25) is 39.4 Å². The SMILES string of the molecule is CN(C)c1c([N+](=O)[O-])cc(N2C(=O)[C@H]3[C@H](CC=C4[C@H]3C[C@@]3(Cl)C(=O)N(c5c(F)c(F)c(F)c(F)c5F)C(=O)[C@@]3(Cl)[C@H]4c3cc(OC(F)(F)F)ccc3O)C2=O)cc1[N+](=O)[O-]. The van der Waals surface area contributed by atoms with E-state index in [-0.39, 0.29) is 5.57 Å². The van der Waals surface area contributed by atoms with Crippen LogP contribution in [0.4, 0.5) is 63.6 Å². The van der Waals surface area contributed by atoms with Gasteiger partial charge in [-0.1, -0.05) is 11.6 Å². The van der Waals surface area contributed by atoms with Gasteiger partial charge in [0, 0.05) is 37.7 Å². The number of nitrogens with zero attached hydrogens (tertiary/aromatic N) is 5. The molecule has 3 fully saturated rings. The van der Waals surface area contributed by atoms with E-state index in [4.69, 9.17) is 23.2 Å². The fourth-order valence-electron chi connectivity index (χ4n) is 8.58. The molecule has 0 bridgehead atoms. The minimum Gasteiger partial charge on any atom is -0.508 e. The van der Waals surface area contributed by atoms with Crippen molar-refractivity contribution in [2.45, 2.75) is 34.9 Å². The van der Waals surface area contributed by atoms with E-state index in [0.29, 0.717) is 35.2 Å². The van der Waals surface area contributed by atoms with Crippen molar-refractivity contribution in [3.8, 4) is 11.5 Å². The van der Waals surface area contributed by atoms with Crippen LogP contribution in [-0.4, -0.2) is 68.8 Å². The van der Waals surface area contributed by atoms with E-state index in [1.54, 1.807) is 0 Å². The highest BCUT2D eigenvalue weighted by molar-refractivity contribution is 6.58. The third-order valence-corrected chi connectivity index (χ3v) is 12.3. The molecule has 0 aromatic heterocycles. The number of hydrogen-bond acceptors (Lipinski definition) is 11. The zero-order chi connectivity index (χ0) is 44.5. The van der Waals surface area contributed by atoms with E-state index < -0.39 is 166 Å². The standard InChI is InChI=1S/C35H21Cl2F8N5O10/c1-46(2)27-17(49(56)57)7-11(8-18(27)50(58)59)47-29(52)14-5-4-13-16(20(14)30(47)53)10-33(36)31(54)48(28-25(41)23(39)22(38)24(40)26(28)42)32(55)34(33,37)21(13)15-9-12(3-6-19(15)51)60-35(43,44)45/h3-4,6-9,14,16,20-21,51H,5,10H2,1-2H3/t14-,16+,20-,21+,33+,34-/m0/s1. The maximum absolute atomic E-state index is 15.3. The molecule has 0 unspecified atom stereocenters. The van der Waals surface area contributed by atoms with Crippen LogP contribution in [-0.2, 0) is 19.2 Å². The van der Waals surface area contributed by atoms with Crippen molar-refractivity contribution in [1.82, 2.24) is 0 Å². The number of phenols is 1. The molecule has 1 saturated carbocycles. The third-order valence-electron chi connectivity index (χ3n) is 10.9. The summed E-state index contributed by atoms with van der Waals surface area (Å²) in [6.07, 6.45) is -5.84. The lowest BCUT2D eigenvalue weighted by molar-refractivity contribution is -0.392. The van der Waals surface area contributed by atoms with Crippen LogP contribution in [0.5, 0.6) is 11.5 Å². The lowest BCUT2D eigenvalue weighted by Gasteiger charge is -2.50. The molecule has 4 aliphatic rings. The smallest absolute Gasteiger partial charge is 0.508 e. The maximum atomic E-state index is 15.3. The topological polar surface area (TPSA) is 194 Å². The molecule has 15 nitrogen and oxygen atoms in total. The fraction of sp³-hybridized carbons (Fsp3) is 0.314. The van der Waals surface area contributed by atoms with E-state index in [1.807, 2.05) is 0 Å². The molecule has 2 aliphatic carbocycles. The van der Waals surface area contributed by atoms with Crippen LogP contribution in [0.15, 0.2) is 42.0 Å². The summed E-state index contributed by atoms with van der Waals surface area (Å²) < 4.78 is 118. The second kappa shape index (κ2) is 13.7. The van der Waals surface area contributed by atoms with Crippen LogP contribution in [0.2, 0.25) is 0 Å². The lowest BCUT2D eigenvalue weighted by Crippen LogP contribution is -2.60. The summed E-state index contributed by atoms with van der Waals surface area (Å²) in [6.45, 7) is 0. The monoisotopic (exact) mass is 893 g/mol. The van der Waals surface area contributed by atoms with Crippen molar-refractivity contribution in [3.05, 3.63) is 96.9 Å². The summed E-state index contributed by atoms with van der Waals surface area (Å²) in [5, 5.41) is 35.3. The van der Waals surface area contributed by atoms with Crippen molar-refractivity contribution in [2.75, 3.05) is 28.8 Å². The Labute approximate surface area is 338 Å². The highest BCUT2D eigenvalue weighted by atomic mass is 35.5. The Balaban J connectivity index is 1.44. The van der Waals surface area contributed by atoms with E-state index in [2.05, 4.69) is 4.74 Å². The van der Waals surface area contributed by atoms with Gasteiger partial charge < -0.3 is 14.7 Å². The highest BCUT2D eigenvalue weighted by Gasteiger charge is 2.77. The molecule has 0 radical (unpaired) electrons. The van der Waals surface area contributed by atoms with Crippen LogP contribution in [0, 0.1) is 67.1 Å². The van der Waals surface area contributed by atoms with Gasteiger partial charge in [-0.05, 0) is 37.0 Å². The van der Waals surface area contributed by atoms with Gasteiger partial charge in [0.05, 0.1) is 27.4 Å². The van der Waals surface area contributed by atoms with Crippen molar-refractivity contribution in [2.24, 2.45) is 17.8 Å². The molecule has 6 atom stereocenters. The number of nitro groups is 2. The number of aromatic hydroxyl groups is 1. The Kier molecular flexibility index (Phi) is 9.61. The minimum atomic E-state index is -5.38. The normalized spacial score (nSPS) is 26.2. The molecule has 1 N–H and O–H groups in total. The van der Waals surface area contributed by atoms with E-state index in [1.165, 1.54) is 14.1 Å². The Hall–Kier alpha value is -6.10. The number of nitro benzene ring substituents is 2. The van der Waals surface area contributed by atoms with Gasteiger partial charge in [0.15, 0.2) is 38.7 Å². The first-order valence-corrected chi connectivity index (χ1v) is 17.6. The lowest BCUT2D eigenvalue weighted by atomic mass is 9.56. The van der Waals surface area contributed by atoms with Crippen LogP contribution in [0.25, 0.3) is 0 Å². The first kappa shape index (κ1) is 42.0. The fourth-order valence-corrected chi connectivity index (χ4v) is 9.51. The van der Waals surface area contributed by atoms with E-state index >= 15 is 8.78 Å². The predicted molar refractivity (Wildman–Crippen MR) is 188 cm³/mol. The van der Waals surface area contributed by atoms with Crippen molar-refractivity contribution in [3.63, 3.8) is 0 Å². The van der Waals surface area contributed by atoms with Gasteiger partial charge in [-0.2, -0.15) is 0 Å². The van der Waals surface area contributed by atoms with Gasteiger partial charge in [0.2, 0.25) is 17.6 Å². The Bertz CT molecular complexity index is 2500. The average molecular weight is 894 g/mol. The number of imide groups is 2. The second-order valence-corrected chi connectivity index (χ2v) is 15.5. The van der Waals surface area contributed by atoms with Crippen molar-refractivity contribution >= 4 is 75.3 Å². The van der Waals surface area contributed by atoms with Crippen LogP contribution in [0.1, 0.15) is 24.3 Å². The second-order valence-electron chi connectivity index (χ2n) is 14.2. The van der Waals surface area contributed by atoms with E-state index in [0.717, 1.165) is 11.0 Å². The molecule has 3 aromatic carbocycles. The predicted octanol–water partition coefficient (Wildman–Crippen LogP) is 6.64. The third kappa shape index (κ3) is 5.75. The Morgan fingerprint density at radius 2 is 1.38 bits per heavy atom. The van der Waals surface area contributed by atoms with Crippen LogP contribution in [0.3, 0.4) is 0 Å². The van der Waals surface area contributed by atoms with Crippen molar-refractivity contribution < 1.29 is 74.0 Å². The molecule has 316 valence electrons. The molecule has 60 heavy (non-hydrogen) atoms. The molecule has 2 aliphatic heterocycles. The number of benzene rings is 3. The number of alkyl halides is 5. The number of halogens is 10. The summed E-state index contributed by atoms with van der Waals surface area (Å²) >= 11 is 13.9. The molecule has 2 saturated heterocycles. The first-order valence-electron chi connectivity index (χ1n) is 16.9. The molecule has 7 rings (SSSR count). The molecular formula is C35H21Cl2F8N5O10.